The molecular weight excluding hydrogens is 376 g/mol. The van der Waals surface area contributed by atoms with Crippen molar-refractivity contribution in [2.45, 2.75) is 13.8 Å². The number of rotatable bonds is 5. The molecule has 0 unspecified atom stereocenters. The summed E-state index contributed by atoms with van der Waals surface area (Å²) in [4.78, 5) is 17.5. The highest BCUT2D eigenvalue weighted by atomic mass is 16.5. The Balaban J connectivity index is 1.75. The first kappa shape index (κ1) is 19.4. The summed E-state index contributed by atoms with van der Waals surface area (Å²) >= 11 is 0. The third-order valence-corrected chi connectivity index (χ3v) is 4.75. The number of aryl methyl sites for hydroxylation is 2. The van der Waals surface area contributed by atoms with E-state index in [1.54, 1.807) is 23.9 Å². The fraction of sp³-hybridized carbons (Fsp3) is 0.125. The van der Waals surface area contributed by atoms with E-state index in [9.17, 15) is 4.79 Å². The van der Waals surface area contributed by atoms with Crippen LogP contribution in [0.4, 0.5) is 5.69 Å². The molecule has 0 spiro atoms. The zero-order chi connectivity index (χ0) is 21.1. The van der Waals surface area contributed by atoms with E-state index in [0.717, 1.165) is 22.4 Å². The van der Waals surface area contributed by atoms with Gasteiger partial charge in [-0.05, 0) is 38.1 Å². The van der Waals surface area contributed by atoms with Crippen LogP contribution in [0.5, 0.6) is 5.75 Å². The van der Waals surface area contributed by atoms with Crippen molar-refractivity contribution in [3.8, 4) is 22.8 Å². The van der Waals surface area contributed by atoms with Gasteiger partial charge in [-0.3, -0.25) is 4.79 Å². The maximum absolute atomic E-state index is 12.9. The van der Waals surface area contributed by atoms with Gasteiger partial charge < -0.3 is 10.1 Å². The fourth-order valence-electron chi connectivity index (χ4n) is 3.09. The second-order valence-corrected chi connectivity index (χ2v) is 7.03. The van der Waals surface area contributed by atoms with E-state index < -0.39 is 5.91 Å². The molecule has 6 nitrogen and oxygen atoms in total. The Morgan fingerprint density at radius 2 is 1.53 bits per heavy atom. The average Bonchev–Trinajstić information content (AvgIpc) is 3.21. The van der Waals surface area contributed by atoms with E-state index >= 15 is 0 Å². The number of carbonyl (C=O) groups excluding carboxylic acids is 1. The Morgan fingerprint density at radius 1 is 0.900 bits per heavy atom. The standard InChI is InChI=1S/C24H22N4O2/c1-16-8-12-18(13-9-16)23-26-22(27-28(23)19-14-10-17(2)11-15-19)24(29)25-20-6-4-5-7-21(20)30-3/h4-15H,1-3H3,(H,25,29). The minimum absolute atomic E-state index is 0.0806. The van der Waals surface area contributed by atoms with Gasteiger partial charge in [0.15, 0.2) is 5.82 Å². The number of hydrogen-bond donors (Lipinski definition) is 1. The van der Waals surface area contributed by atoms with Crippen LogP contribution in [0.1, 0.15) is 21.7 Å². The highest BCUT2D eigenvalue weighted by Crippen LogP contribution is 2.25. The Hall–Kier alpha value is -3.93. The second kappa shape index (κ2) is 8.21. The normalized spacial score (nSPS) is 10.6. The third kappa shape index (κ3) is 3.93. The number of anilines is 1. The number of aromatic nitrogens is 3. The fourth-order valence-corrected chi connectivity index (χ4v) is 3.09. The lowest BCUT2D eigenvalue weighted by Gasteiger charge is -2.08. The number of nitrogens with one attached hydrogen (secondary N) is 1. The van der Waals surface area contributed by atoms with Gasteiger partial charge >= 0.3 is 0 Å². The second-order valence-electron chi connectivity index (χ2n) is 7.03. The molecular formula is C24H22N4O2. The number of carbonyl (C=O) groups is 1. The zero-order valence-corrected chi connectivity index (χ0v) is 17.1. The van der Waals surface area contributed by atoms with Gasteiger partial charge in [0, 0.05) is 5.56 Å². The summed E-state index contributed by atoms with van der Waals surface area (Å²) in [7, 11) is 1.56. The predicted octanol–water partition coefficient (Wildman–Crippen LogP) is 4.81. The molecule has 0 atom stereocenters. The maximum Gasteiger partial charge on any atom is 0.295 e. The van der Waals surface area contributed by atoms with Crippen LogP contribution in [0.15, 0.2) is 72.8 Å². The molecule has 3 aromatic carbocycles. The molecule has 30 heavy (non-hydrogen) atoms. The lowest BCUT2D eigenvalue weighted by Crippen LogP contribution is -2.15. The van der Waals surface area contributed by atoms with Crippen LogP contribution in [0, 0.1) is 13.8 Å². The largest absolute Gasteiger partial charge is 0.495 e. The van der Waals surface area contributed by atoms with Crippen LogP contribution in [0.3, 0.4) is 0 Å². The van der Waals surface area contributed by atoms with E-state index in [1.165, 1.54) is 0 Å². The summed E-state index contributed by atoms with van der Waals surface area (Å²) in [6.07, 6.45) is 0. The number of para-hydroxylation sites is 2. The highest BCUT2D eigenvalue weighted by Gasteiger charge is 2.20. The average molecular weight is 398 g/mol. The number of nitrogens with zero attached hydrogens (tertiary/aromatic N) is 3. The van der Waals surface area contributed by atoms with Crippen molar-refractivity contribution in [3.05, 3.63) is 89.7 Å². The Bertz CT molecular complexity index is 1120. The third-order valence-electron chi connectivity index (χ3n) is 4.75. The van der Waals surface area contributed by atoms with Gasteiger partial charge in [-0.2, -0.15) is 0 Å². The van der Waals surface area contributed by atoms with Crippen molar-refractivity contribution in [2.75, 3.05) is 12.4 Å². The molecule has 0 aliphatic heterocycles. The van der Waals surface area contributed by atoms with Crippen LogP contribution >= 0.6 is 0 Å². The number of ether oxygens (including phenoxy) is 1. The van der Waals surface area contributed by atoms with Gasteiger partial charge in [-0.15, -0.1) is 5.10 Å². The quantitative estimate of drug-likeness (QED) is 0.524. The molecule has 0 saturated carbocycles. The molecule has 0 radical (unpaired) electrons. The minimum Gasteiger partial charge on any atom is -0.495 e. The van der Waals surface area contributed by atoms with E-state index in [4.69, 9.17) is 4.74 Å². The summed E-state index contributed by atoms with van der Waals surface area (Å²) < 4.78 is 7.01. The summed E-state index contributed by atoms with van der Waals surface area (Å²) in [6, 6.07) is 23.1. The molecule has 4 aromatic rings. The van der Waals surface area contributed by atoms with Gasteiger partial charge in [0.25, 0.3) is 5.91 Å². The number of benzene rings is 3. The molecule has 0 aliphatic carbocycles. The number of amides is 1. The van der Waals surface area contributed by atoms with E-state index in [0.29, 0.717) is 17.3 Å². The Labute approximate surface area is 175 Å². The molecule has 0 aliphatic rings. The van der Waals surface area contributed by atoms with Crippen molar-refractivity contribution < 1.29 is 9.53 Å². The lowest BCUT2D eigenvalue weighted by molar-refractivity contribution is 0.101. The van der Waals surface area contributed by atoms with Crippen LogP contribution in [-0.2, 0) is 0 Å². The Kier molecular flexibility index (Phi) is 5.30. The van der Waals surface area contributed by atoms with Crippen LogP contribution in [0.25, 0.3) is 17.1 Å². The summed E-state index contributed by atoms with van der Waals surface area (Å²) in [5, 5.41) is 7.35. The maximum atomic E-state index is 12.9. The van der Waals surface area contributed by atoms with Crippen molar-refractivity contribution in [2.24, 2.45) is 0 Å². The van der Waals surface area contributed by atoms with Crippen LogP contribution in [0.2, 0.25) is 0 Å². The minimum atomic E-state index is -0.404. The topological polar surface area (TPSA) is 69.0 Å². The molecule has 1 amide bonds. The molecule has 1 N–H and O–H groups in total. The first-order valence-electron chi connectivity index (χ1n) is 9.60. The van der Waals surface area contributed by atoms with Gasteiger partial charge in [0.05, 0.1) is 18.5 Å². The van der Waals surface area contributed by atoms with Gasteiger partial charge in [-0.1, -0.05) is 59.7 Å². The molecule has 0 fully saturated rings. The lowest BCUT2D eigenvalue weighted by atomic mass is 10.1. The SMILES string of the molecule is COc1ccccc1NC(=O)c1nc(-c2ccc(C)cc2)n(-c2ccc(C)cc2)n1. The number of methoxy groups -OCH3 is 1. The van der Waals surface area contributed by atoms with Crippen molar-refractivity contribution in [1.82, 2.24) is 14.8 Å². The van der Waals surface area contributed by atoms with E-state index in [-0.39, 0.29) is 5.82 Å². The van der Waals surface area contributed by atoms with Crippen molar-refractivity contribution >= 4 is 11.6 Å². The van der Waals surface area contributed by atoms with E-state index in [1.807, 2.05) is 74.5 Å². The van der Waals surface area contributed by atoms with Crippen LogP contribution in [-0.4, -0.2) is 27.8 Å². The van der Waals surface area contributed by atoms with E-state index in [2.05, 4.69) is 15.4 Å². The van der Waals surface area contributed by atoms with Gasteiger partial charge in [-0.25, -0.2) is 9.67 Å². The van der Waals surface area contributed by atoms with Gasteiger partial charge in [0.2, 0.25) is 5.82 Å². The summed E-state index contributed by atoms with van der Waals surface area (Å²) in [5.41, 5.74) is 4.57. The molecule has 1 heterocycles. The predicted molar refractivity (Wildman–Crippen MR) is 117 cm³/mol. The summed E-state index contributed by atoms with van der Waals surface area (Å²) in [5.74, 6) is 0.849. The van der Waals surface area contributed by atoms with Crippen LogP contribution < -0.4 is 10.1 Å². The zero-order valence-electron chi connectivity index (χ0n) is 17.1. The molecule has 6 heteroatoms. The molecule has 0 bridgehead atoms. The molecule has 150 valence electrons. The smallest absolute Gasteiger partial charge is 0.295 e. The number of hydrogen-bond acceptors (Lipinski definition) is 4. The molecule has 0 saturated heterocycles. The monoisotopic (exact) mass is 398 g/mol. The highest BCUT2D eigenvalue weighted by molar-refractivity contribution is 6.02. The molecule has 1 aromatic heterocycles. The van der Waals surface area contributed by atoms with Crippen molar-refractivity contribution in [1.29, 1.82) is 0 Å². The molecule has 4 rings (SSSR count). The first-order chi connectivity index (χ1) is 14.5. The van der Waals surface area contributed by atoms with Gasteiger partial charge in [0.1, 0.15) is 5.75 Å². The van der Waals surface area contributed by atoms with Crippen molar-refractivity contribution in [3.63, 3.8) is 0 Å². The first-order valence-corrected chi connectivity index (χ1v) is 9.60. The Morgan fingerprint density at radius 3 is 2.20 bits per heavy atom. The summed E-state index contributed by atoms with van der Waals surface area (Å²) in [6.45, 7) is 4.05.